The van der Waals surface area contributed by atoms with Crippen LogP contribution in [0.25, 0.3) is 0 Å². The van der Waals surface area contributed by atoms with E-state index in [2.05, 4.69) is 25.5 Å². The molecule has 0 bridgehead atoms. The molecule has 1 fully saturated rings. The minimum Gasteiger partial charge on any atom is -0.361 e. The third-order valence-corrected chi connectivity index (χ3v) is 4.45. The molecule has 1 aliphatic rings. The van der Waals surface area contributed by atoms with Crippen LogP contribution in [0.15, 0.2) is 24.4 Å². The largest absolute Gasteiger partial charge is 0.361 e. The second-order valence-corrected chi connectivity index (χ2v) is 6.89. The van der Waals surface area contributed by atoms with Gasteiger partial charge in [0.05, 0.1) is 6.20 Å². The number of carbonyl (C=O) groups excluding carboxylic acids is 1. The number of rotatable bonds is 4. The summed E-state index contributed by atoms with van der Waals surface area (Å²) in [6, 6.07) is 5.61. The van der Waals surface area contributed by atoms with Gasteiger partial charge in [-0.2, -0.15) is 4.98 Å². The third kappa shape index (κ3) is 4.04. The maximum Gasteiger partial charge on any atom is 0.323 e. The minimum absolute atomic E-state index is 0.308. The molecule has 2 heterocycles. The topological polar surface area (TPSA) is 73.4 Å². The summed E-state index contributed by atoms with van der Waals surface area (Å²) in [6.07, 6.45) is 4.01. The summed E-state index contributed by atoms with van der Waals surface area (Å²) in [6.45, 7) is 5.96. The van der Waals surface area contributed by atoms with Crippen LogP contribution in [0.1, 0.15) is 24.0 Å². The average Bonchev–Trinajstić information content (AvgIpc) is 3.12. The summed E-state index contributed by atoms with van der Waals surface area (Å²) in [4.78, 5) is 25.6. The Hall–Kier alpha value is -2.83. The molecule has 0 atom stereocenters. The molecule has 2 N–H and O–H groups in total. The van der Waals surface area contributed by atoms with Crippen molar-refractivity contribution < 1.29 is 4.79 Å². The fourth-order valence-electron chi connectivity index (χ4n) is 3.09. The third-order valence-electron chi connectivity index (χ3n) is 4.45. The van der Waals surface area contributed by atoms with Crippen LogP contribution in [0.4, 0.5) is 27.9 Å². The molecule has 1 aromatic carbocycles. The quantitative estimate of drug-likeness (QED) is 0.880. The van der Waals surface area contributed by atoms with Gasteiger partial charge in [-0.3, -0.25) is 0 Å². The van der Waals surface area contributed by atoms with Crippen LogP contribution in [0.5, 0.6) is 0 Å². The van der Waals surface area contributed by atoms with Crippen molar-refractivity contribution in [3.63, 3.8) is 0 Å². The highest BCUT2D eigenvalue weighted by molar-refractivity contribution is 6.01. The van der Waals surface area contributed by atoms with Crippen LogP contribution in [0.3, 0.4) is 0 Å². The molecule has 7 nitrogen and oxygen atoms in total. The molecular formula is C19H26N6O. The van der Waals surface area contributed by atoms with Crippen LogP contribution in [0, 0.1) is 13.8 Å². The van der Waals surface area contributed by atoms with Crippen molar-refractivity contribution in [3.05, 3.63) is 35.5 Å². The van der Waals surface area contributed by atoms with Crippen molar-refractivity contribution in [2.75, 3.05) is 47.6 Å². The standard InChI is InChI=1S/C19H26N6O/c1-13-7-8-15(14(2)11-13)21-19(26)22-16-12-20-18(23-17(16)24(3)4)25-9-5-6-10-25/h7-8,11-12H,5-6,9-10H2,1-4H3,(H2,21,22,26). The molecule has 0 spiro atoms. The van der Waals surface area contributed by atoms with Gasteiger partial charge in [0.2, 0.25) is 5.95 Å². The average molecular weight is 354 g/mol. The zero-order valence-corrected chi connectivity index (χ0v) is 15.8. The lowest BCUT2D eigenvalue weighted by molar-refractivity contribution is 0.262. The van der Waals surface area contributed by atoms with Crippen molar-refractivity contribution in [2.24, 2.45) is 0 Å². The Morgan fingerprint density at radius 3 is 2.46 bits per heavy atom. The number of urea groups is 1. The summed E-state index contributed by atoms with van der Waals surface area (Å²) >= 11 is 0. The van der Waals surface area contributed by atoms with Crippen molar-refractivity contribution in [1.29, 1.82) is 0 Å². The highest BCUT2D eigenvalue weighted by Crippen LogP contribution is 2.25. The second-order valence-electron chi connectivity index (χ2n) is 6.89. The summed E-state index contributed by atoms with van der Waals surface area (Å²) in [7, 11) is 3.81. The smallest absolute Gasteiger partial charge is 0.323 e. The summed E-state index contributed by atoms with van der Waals surface area (Å²) in [5.74, 6) is 1.41. The lowest BCUT2D eigenvalue weighted by Gasteiger charge is -2.21. The molecule has 138 valence electrons. The number of nitrogens with zero attached hydrogens (tertiary/aromatic N) is 4. The van der Waals surface area contributed by atoms with Gasteiger partial charge in [-0.1, -0.05) is 17.7 Å². The van der Waals surface area contributed by atoms with Gasteiger partial charge in [0.25, 0.3) is 0 Å². The fraction of sp³-hybridized carbons (Fsp3) is 0.421. The van der Waals surface area contributed by atoms with E-state index in [1.54, 1.807) is 6.20 Å². The first-order valence-corrected chi connectivity index (χ1v) is 8.88. The van der Waals surface area contributed by atoms with E-state index in [9.17, 15) is 4.79 Å². The van der Waals surface area contributed by atoms with Gasteiger partial charge in [-0.05, 0) is 38.3 Å². The van der Waals surface area contributed by atoms with Gasteiger partial charge >= 0.3 is 6.03 Å². The summed E-state index contributed by atoms with van der Waals surface area (Å²) < 4.78 is 0. The van der Waals surface area contributed by atoms with E-state index in [-0.39, 0.29) is 6.03 Å². The lowest BCUT2D eigenvalue weighted by atomic mass is 10.1. The number of aromatic nitrogens is 2. The molecule has 1 aliphatic heterocycles. The zero-order valence-electron chi connectivity index (χ0n) is 15.8. The van der Waals surface area contributed by atoms with E-state index >= 15 is 0 Å². The van der Waals surface area contributed by atoms with E-state index in [4.69, 9.17) is 0 Å². The molecule has 2 aromatic rings. The number of nitrogens with one attached hydrogen (secondary N) is 2. The predicted molar refractivity (Wildman–Crippen MR) is 106 cm³/mol. The molecule has 2 amide bonds. The van der Waals surface area contributed by atoms with E-state index < -0.39 is 0 Å². The first-order valence-electron chi connectivity index (χ1n) is 8.88. The Labute approximate surface area is 154 Å². The number of hydrogen-bond donors (Lipinski definition) is 2. The number of aryl methyl sites for hydroxylation is 2. The molecule has 26 heavy (non-hydrogen) atoms. The second kappa shape index (κ2) is 7.59. The first kappa shape index (κ1) is 18.0. The van der Waals surface area contributed by atoms with E-state index in [0.717, 1.165) is 29.9 Å². The maximum absolute atomic E-state index is 12.4. The fourth-order valence-corrected chi connectivity index (χ4v) is 3.09. The van der Waals surface area contributed by atoms with Crippen LogP contribution in [-0.4, -0.2) is 43.2 Å². The summed E-state index contributed by atoms with van der Waals surface area (Å²) in [5.41, 5.74) is 3.55. The maximum atomic E-state index is 12.4. The van der Waals surface area contributed by atoms with Crippen LogP contribution in [-0.2, 0) is 0 Å². The predicted octanol–water partition coefficient (Wildman–Crippen LogP) is 3.40. The van der Waals surface area contributed by atoms with Gasteiger partial charge in [0.15, 0.2) is 5.82 Å². The van der Waals surface area contributed by atoms with Gasteiger partial charge < -0.3 is 20.4 Å². The molecule has 0 unspecified atom stereocenters. The number of carbonyl (C=O) groups is 1. The molecule has 0 saturated carbocycles. The molecule has 3 rings (SSSR count). The van der Waals surface area contributed by atoms with E-state index in [1.165, 1.54) is 12.8 Å². The monoisotopic (exact) mass is 354 g/mol. The SMILES string of the molecule is Cc1ccc(NC(=O)Nc2cnc(N3CCCC3)nc2N(C)C)c(C)c1. The minimum atomic E-state index is -0.308. The molecule has 1 aromatic heterocycles. The van der Waals surface area contributed by atoms with Gasteiger partial charge in [-0.25, -0.2) is 9.78 Å². The Morgan fingerprint density at radius 2 is 1.81 bits per heavy atom. The molecule has 0 aliphatic carbocycles. The molecule has 1 saturated heterocycles. The van der Waals surface area contributed by atoms with Crippen molar-refractivity contribution in [3.8, 4) is 0 Å². The number of anilines is 4. The van der Waals surface area contributed by atoms with Crippen LogP contribution < -0.4 is 20.4 Å². The van der Waals surface area contributed by atoms with Crippen LogP contribution >= 0.6 is 0 Å². The van der Waals surface area contributed by atoms with Gasteiger partial charge in [-0.15, -0.1) is 0 Å². The number of amides is 2. The van der Waals surface area contributed by atoms with Crippen molar-refractivity contribution in [2.45, 2.75) is 26.7 Å². The lowest BCUT2D eigenvalue weighted by Crippen LogP contribution is -2.25. The molecule has 7 heteroatoms. The number of hydrogen-bond acceptors (Lipinski definition) is 5. The van der Waals surface area contributed by atoms with Crippen molar-refractivity contribution >= 4 is 29.2 Å². The number of benzene rings is 1. The Kier molecular flexibility index (Phi) is 5.25. The molecular weight excluding hydrogens is 328 g/mol. The van der Waals surface area contributed by atoms with Gasteiger partial charge in [0.1, 0.15) is 5.69 Å². The Bertz CT molecular complexity index is 799. The van der Waals surface area contributed by atoms with Crippen LogP contribution in [0.2, 0.25) is 0 Å². The molecule has 0 radical (unpaired) electrons. The summed E-state index contributed by atoms with van der Waals surface area (Å²) in [5, 5.41) is 5.75. The van der Waals surface area contributed by atoms with E-state index in [0.29, 0.717) is 17.5 Å². The first-order chi connectivity index (χ1) is 12.4. The highest BCUT2D eigenvalue weighted by atomic mass is 16.2. The Balaban J connectivity index is 1.76. The normalized spacial score (nSPS) is 13.6. The van der Waals surface area contributed by atoms with Crippen molar-refractivity contribution in [1.82, 2.24) is 9.97 Å². The zero-order chi connectivity index (χ0) is 18.7. The van der Waals surface area contributed by atoms with E-state index in [1.807, 2.05) is 51.0 Å². The highest BCUT2D eigenvalue weighted by Gasteiger charge is 2.18. The van der Waals surface area contributed by atoms with Gasteiger partial charge in [0, 0.05) is 32.9 Å². The Morgan fingerprint density at radius 1 is 1.12 bits per heavy atom.